The summed E-state index contributed by atoms with van der Waals surface area (Å²) in [7, 11) is -1.11. The van der Waals surface area contributed by atoms with Crippen LogP contribution in [0.25, 0.3) is 11.4 Å². The second kappa shape index (κ2) is 7.06. The maximum absolute atomic E-state index is 12.9. The smallest absolute Gasteiger partial charge is 0.131 e. The number of hydrogen-bond acceptors (Lipinski definition) is 5. The summed E-state index contributed by atoms with van der Waals surface area (Å²) in [6, 6.07) is 4.41. The van der Waals surface area contributed by atoms with E-state index in [0.29, 0.717) is 19.0 Å². The van der Waals surface area contributed by atoms with Crippen LogP contribution in [0.2, 0.25) is 0 Å². The van der Waals surface area contributed by atoms with Crippen LogP contribution in [-0.2, 0) is 41.2 Å². The predicted molar refractivity (Wildman–Crippen MR) is 104 cm³/mol. The molecule has 0 radical (unpaired) electrons. The molecule has 1 unspecified atom stereocenters. The molecule has 6 heteroatoms. The molecule has 1 atom stereocenters. The van der Waals surface area contributed by atoms with Gasteiger partial charge in [-0.2, -0.15) is 0 Å². The average molecular weight is 387 g/mol. The molecule has 0 saturated carbocycles. The van der Waals surface area contributed by atoms with Gasteiger partial charge in [0.25, 0.3) is 0 Å². The third-order valence-electron chi connectivity index (χ3n) is 5.46. The van der Waals surface area contributed by atoms with E-state index in [4.69, 9.17) is 14.7 Å². The maximum Gasteiger partial charge on any atom is 0.131 e. The molecular weight excluding hydrogens is 364 g/mol. The fourth-order valence-electron chi connectivity index (χ4n) is 4.19. The first kappa shape index (κ1) is 16.9. The minimum Gasteiger partial charge on any atom is -0.380 e. The molecule has 0 amide bonds. The van der Waals surface area contributed by atoms with E-state index < -0.39 is 10.8 Å². The standard InChI is InChI=1S/C20H22N2O2S2/c23-26-10-8-24-7-9-25-19-15-5-1-3-13(15)11-17(21-19)18-12-14-4-2-6-16(14)20(26)22-18/h11-12H,1-10H2. The number of thioether (sulfide) groups is 1. The highest BCUT2D eigenvalue weighted by molar-refractivity contribution is 7.99. The molecule has 2 aliphatic carbocycles. The van der Waals surface area contributed by atoms with Crippen LogP contribution in [0.15, 0.2) is 22.2 Å². The van der Waals surface area contributed by atoms with Crippen LogP contribution < -0.4 is 0 Å². The fraction of sp³-hybridized carbons (Fsp3) is 0.500. The van der Waals surface area contributed by atoms with Crippen LogP contribution >= 0.6 is 11.8 Å². The summed E-state index contributed by atoms with van der Waals surface area (Å²) in [5, 5.41) is 1.91. The van der Waals surface area contributed by atoms with Gasteiger partial charge >= 0.3 is 0 Å². The summed E-state index contributed by atoms with van der Waals surface area (Å²) in [6.45, 7) is 1.20. The summed E-state index contributed by atoms with van der Waals surface area (Å²) < 4.78 is 18.6. The Morgan fingerprint density at radius 1 is 0.923 bits per heavy atom. The molecular formula is C20H22N2O2S2. The third kappa shape index (κ3) is 3.02. The van der Waals surface area contributed by atoms with E-state index in [0.717, 1.165) is 59.3 Å². The van der Waals surface area contributed by atoms with Crippen molar-refractivity contribution in [3.8, 4) is 11.4 Å². The Kier molecular flexibility index (Phi) is 4.59. The molecule has 1 aliphatic heterocycles. The lowest BCUT2D eigenvalue weighted by Gasteiger charge is -2.13. The van der Waals surface area contributed by atoms with Crippen molar-refractivity contribution >= 4 is 22.6 Å². The number of fused-ring (bicyclic) bond motifs is 9. The van der Waals surface area contributed by atoms with E-state index in [9.17, 15) is 4.21 Å². The van der Waals surface area contributed by atoms with Gasteiger partial charge in [0.2, 0.25) is 0 Å². The van der Waals surface area contributed by atoms with Gasteiger partial charge in [-0.25, -0.2) is 9.97 Å². The maximum atomic E-state index is 12.9. The van der Waals surface area contributed by atoms with Gasteiger partial charge in [-0.05, 0) is 72.9 Å². The topological polar surface area (TPSA) is 52.1 Å². The Labute approximate surface area is 160 Å². The van der Waals surface area contributed by atoms with Crippen LogP contribution in [0.5, 0.6) is 0 Å². The van der Waals surface area contributed by atoms with E-state index in [1.807, 2.05) is 0 Å². The van der Waals surface area contributed by atoms with Gasteiger partial charge in [0.15, 0.2) is 0 Å². The van der Waals surface area contributed by atoms with Gasteiger partial charge in [0, 0.05) is 5.75 Å². The average Bonchev–Trinajstić information content (AvgIpc) is 3.31. The summed E-state index contributed by atoms with van der Waals surface area (Å²) in [5.74, 6) is 1.41. The zero-order valence-electron chi connectivity index (χ0n) is 14.8. The monoisotopic (exact) mass is 386 g/mol. The molecule has 5 rings (SSSR count). The first-order chi connectivity index (χ1) is 12.8. The second-order valence-electron chi connectivity index (χ2n) is 7.12. The lowest BCUT2D eigenvalue weighted by Crippen LogP contribution is -2.11. The zero-order valence-corrected chi connectivity index (χ0v) is 16.4. The summed E-state index contributed by atoms with van der Waals surface area (Å²) in [5.41, 5.74) is 7.19. The van der Waals surface area contributed by atoms with E-state index in [-0.39, 0.29) is 0 Å². The van der Waals surface area contributed by atoms with E-state index in [1.54, 1.807) is 11.8 Å². The highest BCUT2D eigenvalue weighted by atomic mass is 32.2. The van der Waals surface area contributed by atoms with Crippen molar-refractivity contribution in [3.63, 3.8) is 0 Å². The second-order valence-corrected chi connectivity index (χ2v) is 9.69. The first-order valence-electron chi connectivity index (χ1n) is 9.44. The molecule has 3 heterocycles. The van der Waals surface area contributed by atoms with Crippen LogP contribution in [0.4, 0.5) is 0 Å². The van der Waals surface area contributed by atoms with Crippen LogP contribution in [0, 0.1) is 0 Å². The SMILES string of the molecule is O=S1CCOCCSc2nc(cc3c2CCC3)-c2cc3c(c1n2)CCC3. The molecule has 0 fully saturated rings. The van der Waals surface area contributed by atoms with Gasteiger partial charge in [0.1, 0.15) is 10.1 Å². The van der Waals surface area contributed by atoms with Gasteiger partial charge in [-0.1, -0.05) is 0 Å². The molecule has 4 nitrogen and oxygen atoms in total. The molecule has 0 N–H and O–H groups in total. The number of nitrogens with zero attached hydrogens (tertiary/aromatic N) is 2. The summed E-state index contributed by atoms with van der Waals surface area (Å²) >= 11 is 1.79. The number of pyridine rings is 2. The normalized spacial score (nSPS) is 22.1. The van der Waals surface area contributed by atoms with Crippen molar-refractivity contribution in [2.24, 2.45) is 0 Å². The molecule has 0 aromatic carbocycles. The minimum atomic E-state index is -1.11. The minimum absolute atomic E-state index is 0.523. The van der Waals surface area contributed by atoms with Crippen molar-refractivity contribution < 1.29 is 8.95 Å². The molecule has 2 aromatic rings. The molecule has 4 bridgehead atoms. The van der Waals surface area contributed by atoms with Crippen molar-refractivity contribution in [1.29, 1.82) is 0 Å². The number of hydrogen-bond donors (Lipinski definition) is 0. The number of aromatic nitrogens is 2. The first-order valence-corrected chi connectivity index (χ1v) is 11.7. The van der Waals surface area contributed by atoms with Crippen molar-refractivity contribution in [2.45, 2.75) is 48.6 Å². The quantitative estimate of drug-likeness (QED) is 0.695. The fourth-order valence-corrected chi connectivity index (χ4v) is 6.33. The molecule has 136 valence electrons. The zero-order chi connectivity index (χ0) is 17.5. The van der Waals surface area contributed by atoms with Crippen LogP contribution in [0.3, 0.4) is 0 Å². The van der Waals surface area contributed by atoms with E-state index in [1.165, 1.54) is 28.7 Å². The molecule has 26 heavy (non-hydrogen) atoms. The lowest BCUT2D eigenvalue weighted by atomic mass is 10.1. The molecule has 0 saturated heterocycles. The Morgan fingerprint density at radius 2 is 1.65 bits per heavy atom. The van der Waals surface area contributed by atoms with Crippen molar-refractivity contribution in [1.82, 2.24) is 9.97 Å². The lowest BCUT2D eigenvalue weighted by molar-refractivity contribution is 0.166. The summed E-state index contributed by atoms with van der Waals surface area (Å²) in [4.78, 5) is 9.84. The van der Waals surface area contributed by atoms with E-state index >= 15 is 0 Å². The highest BCUT2D eigenvalue weighted by Crippen LogP contribution is 2.36. The Morgan fingerprint density at radius 3 is 2.50 bits per heavy atom. The third-order valence-corrected chi connectivity index (χ3v) is 7.75. The van der Waals surface area contributed by atoms with Gasteiger partial charge in [-0.3, -0.25) is 4.21 Å². The number of aryl methyl sites for hydroxylation is 2. The van der Waals surface area contributed by atoms with Gasteiger partial charge < -0.3 is 4.74 Å². The Hall–Kier alpha value is -1.24. The molecule has 0 spiro atoms. The Bertz CT molecular complexity index is 898. The molecule has 2 aromatic heterocycles. The number of rotatable bonds is 0. The Balaban J connectivity index is 1.69. The van der Waals surface area contributed by atoms with Crippen molar-refractivity contribution in [2.75, 3.05) is 24.7 Å². The molecule has 3 aliphatic rings. The van der Waals surface area contributed by atoms with Crippen LogP contribution in [0.1, 0.15) is 35.1 Å². The predicted octanol–water partition coefficient (Wildman–Crippen LogP) is 3.35. The van der Waals surface area contributed by atoms with Gasteiger partial charge in [0.05, 0.1) is 41.2 Å². The van der Waals surface area contributed by atoms with E-state index in [2.05, 4.69) is 12.1 Å². The van der Waals surface area contributed by atoms with Crippen molar-refractivity contribution in [3.05, 3.63) is 34.4 Å². The van der Waals surface area contributed by atoms with Gasteiger partial charge in [-0.15, -0.1) is 11.8 Å². The highest BCUT2D eigenvalue weighted by Gasteiger charge is 2.24. The van der Waals surface area contributed by atoms with Crippen LogP contribution in [-0.4, -0.2) is 38.9 Å². The summed E-state index contributed by atoms with van der Waals surface area (Å²) in [6.07, 6.45) is 6.62. The largest absolute Gasteiger partial charge is 0.380 e. The number of ether oxygens (including phenoxy) is 1.